The van der Waals surface area contributed by atoms with Crippen LogP contribution in [0.3, 0.4) is 0 Å². The van der Waals surface area contributed by atoms with Crippen LogP contribution in [0.4, 0.5) is 0 Å². The van der Waals surface area contributed by atoms with E-state index in [9.17, 15) is 4.79 Å². The van der Waals surface area contributed by atoms with Crippen molar-refractivity contribution in [3.05, 3.63) is 23.4 Å². The number of amides is 1. The SMILES string of the molecule is CCCNC(=O)C1CCN(Cc2nc(-c3cccs3)no2)CC1. The van der Waals surface area contributed by atoms with Crippen molar-refractivity contribution < 1.29 is 9.32 Å². The van der Waals surface area contributed by atoms with Crippen LogP contribution in [0.1, 0.15) is 32.1 Å². The molecule has 0 radical (unpaired) electrons. The number of carbonyl (C=O) groups excluding carboxylic acids is 1. The number of likely N-dealkylation sites (tertiary alicyclic amines) is 1. The first-order valence-electron chi connectivity index (χ1n) is 8.12. The van der Waals surface area contributed by atoms with Gasteiger partial charge in [-0.15, -0.1) is 11.3 Å². The Morgan fingerprint density at radius 3 is 3.00 bits per heavy atom. The Bertz CT molecular complexity index is 618. The Hall–Kier alpha value is -1.73. The fourth-order valence-corrected chi connectivity index (χ4v) is 3.41. The Labute approximate surface area is 139 Å². The zero-order chi connectivity index (χ0) is 16.1. The lowest BCUT2D eigenvalue weighted by molar-refractivity contribution is -0.126. The Balaban J connectivity index is 1.48. The summed E-state index contributed by atoms with van der Waals surface area (Å²) in [5.41, 5.74) is 0. The Morgan fingerprint density at radius 2 is 2.30 bits per heavy atom. The van der Waals surface area contributed by atoms with Gasteiger partial charge >= 0.3 is 0 Å². The molecule has 23 heavy (non-hydrogen) atoms. The molecule has 0 bridgehead atoms. The topological polar surface area (TPSA) is 71.3 Å². The van der Waals surface area contributed by atoms with Gasteiger partial charge in [-0.1, -0.05) is 18.1 Å². The number of hydrogen-bond donors (Lipinski definition) is 1. The monoisotopic (exact) mass is 334 g/mol. The van der Waals surface area contributed by atoms with E-state index < -0.39 is 0 Å². The number of thiophene rings is 1. The molecule has 3 rings (SSSR count). The Morgan fingerprint density at radius 1 is 1.48 bits per heavy atom. The highest BCUT2D eigenvalue weighted by Crippen LogP contribution is 2.23. The third-order valence-corrected chi connectivity index (χ3v) is 4.94. The van der Waals surface area contributed by atoms with Crippen LogP contribution < -0.4 is 5.32 Å². The van der Waals surface area contributed by atoms with E-state index in [4.69, 9.17) is 4.52 Å². The van der Waals surface area contributed by atoms with Gasteiger partial charge in [-0.3, -0.25) is 9.69 Å². The van der Waals surface area contributed by atoms with Crippen molar-refractivity contribution in [1.29, 1.82) is 0 Å². The van der Waals surface area contributed by atoms with Crippen LogP contribution in [0.15, 0.2) is 22.0 Å². The van der Waals surface area contributed by atoms with Crippen molar-refractivity contribution in [2.75, 3.05) is 19.6 Å². The van der Waals surface area contributed by atoms with Gasteiger partial charge in [-0.2, -0.15) is 4.98 Å². The summed E-state index contributed by atoms with van der Waals surface area (Å²) in [6.45, 7) is 5.27. The number of nitrogens with one attached hydrogen (secondary N) is 1. The number of piperidine rings is 1. The lowest BCUT2D eigenvalue weighted by Gasteiger charge is -2.30. The van der Waals surface area contributed by atoms with Gasteiger partial charge in [0.2, 0.25) is 17.6 Å². The zero-order valence-corrected chi connectivity index (χ0v) is 14.1. The molecule has 7 heteroatoms. The van der Waals surface area contributed by atoms with E-state index in [1.807, 2.05) is 17.5 Å². The first kappa shape index (κ1) is 16.1. The summed E-state index contributed by atoms with van der Waals surface area (Å²) in [5, 5.41) is 9.02. The van der Waals surface area contributed by atoms with Gasteiger partial charge < -0.3 is 9.84 Å². The van der Waals surface area contributed by atoms with Crippen LogP contribution in [0, 0.1) is 5.92 Å². The molecule has 0 unspecified atom stereocenters. The second kappa shape index (κ2) is 7.70. The van der Waals surface area contributed by atoms with Crippen molar-refractivity contribution in [3.8, 4) is 10.7 Å². The molecule has 1 aliphatic heterocycles. The summed E-state index contributed by atoms with van der Waals surface area (Å²) in [5.74, 6) is 1.64. The summed E-state index contributed by atoms with van der Waals surface area (Å²) >= 11 is 1.60. The van der Waals surface area contributed by atoms with Gasteiger partial charge in [0.25, 0.3) is 0 Å². The quantitative estimate of drug-likeness (QED) is 0.879. The fourth-order valence-electron chi connectivity index (χ4n) is 2.76. The van der Waals surface area contributed by atoms with E-state index in [-0.39, 0.29) is 11.8 Å². The average Bonchev–Trinajstić information content (AvgIpc) is 3.24. The molecular formula is C16H22N4O2S. The standard InChI is InChI=1S/C16H22N4O2S/c1-2-7-17-16(21)12-5-8-20(9-6-12)11-14-18-15(19-22-14)13-4-3-10-23-13/h3-4,10,12H,2,5-9,11H2,1H3,(H,17,21). The summed E-state index contributed by atoms with van der Waals surface area (Å²) in [6, 6.07) is 3.96. The van der Waals surface area contributed by atoms with Crippen molar-refractivity contribution in [2.45, 2.75) is 32.7 Å². The van der Waals surface area contributed by atoms with Crippen LogP contribution in [-0.2, 0) is 11.3 Å². The van der Waals surface area contributed by atoms with E-state index in [2.05, 4.69) is 27.3 Å². The highest BCUT2D eigenvalue weighted by Gasteiger charge is 2.25. The number of nitrogens with zero attached hydrogens (tertiary/aromatic N) is 3. The van der Waals surface area contributed by atoms with E-state index in [1.54, 1.807) is 11.3 Å². The molecule has 0 saturated carbocycles. The van der Waals surface area contributed by atoms with E-state index in [0.29, 0.717) is 18.3 Å². The maximum absolute atomic E-state index is 12.0. The van der Waals surface area contributed by atoms with Crippen molar-refractivity contribution in [1.82, 2.24) is 20.4 Å². The maximum Gasteiger partial charge on any atom is 0.241 e. The van der Waals surface area contributed by atoms with Crippen molar-refractivity contribution in [2.24, 2.45) is 5.92 Å². The summed E-state index contributed by atoms with van der Waals surface area (Å²) in [6.07, 6.45) is 2.76. The van der Waals surface area contributed by atoms with Crippen LogP contribution >= 0.6 is 11.3 Å². The fraction of sp³-hybridized carbons (Fsp3) is 0.562. The lowest BCUT2D eigenvalue weighted by Crippen LogP contribution is -2.40. The van der Waals surface area contributed by atoms with Gasteiger partial charge in [0, 0.05) is 12.5 Å². The molecule has 1 aliphatic rings. The van der Waals surface area contributed by atoms with Gasteiger partial charge in [0.1, 0.15) is 0 Å². The number of aromatic nitrogens is 2. The molecule has 3 heterocycles. The van der Waals surface area contributed by atoms with Gasteiger partial charge in [-0.25, -0.2) is 0 Å². The van der Waals surface area contributed by atoms with E-state index in [1.165, 1.54) is 0 Å². The molecule has 124 valence electrons. The minimum Gasteiger partial charge on any atom is -0.356 e. The average molecular weight is 334 g/mol. The largest absolute Gasteiger partial charge is 0.356 e. The predicted molar refractivity (Wildman–Crippen MR) is 88.9 cm³/mol. The molecule has 2 aromatic heterocycles. The van der Waals surface area contributed by atoms with E-state index in [0.717, 1.165) is 43.8 Å². The minimum absolute atomic E-state index is 0.141. The van der Waals surface area contributed by atoms with Crippen LogP contribution in [-0.4, -0.2) is 40.6 Å². The summed E-state index contributed by atoms with van der Waals surface area (Å²) in [4.78, 5) is 19.7. The summed E-state index contributed by atoms with van der Waals surface area (Å²) in [7, 11) is 0. The molecule has 0 aromatic carbocycles. The second-order valence-electron chi connectivity index (χ2n) is 5.83. The highest BCUT2D eigenvalue weighted by molar-refractivity contribution is 7.13. The predicted octanol–water partition coefficient (Wildman–Crippen LogP) is 2.54. The minimum atomic E-state index is 0.141. The Kier molecular flexibility index (Phi) is 5.40. The maximum atomic E-state index is 12.0. The molecular weight excluding hydrogens is 312 g/mol. The van der Waals surface area contributed by atoms with Crippen LogP contribution in [0.5, 0.6) is 0 Å². The van der Waals surface area contributed by atoms with Gasteiger partial charge in [0.15, 0.2) is 0 Å². The first-order valence-corrected chi connectivity index (χ1v) is 9.00. The van der Waals surface area contributed by atoms with Crippen LogP contribution in [0.2, 0.25) is 0 Å². The number of hydrogen-bond acceptors (Lipinski definition) is 6. The summed E-state index contributed by atoms with van der Waals surface area (Å²) < 4.78 is 5.34. The zero-order valence-electron chi connectivity index (χ0n) is 13.3. The van der Waals surface area contributed by atoms with E-state index >= 15 is 0 Å². The molecule has 1 amide bonds. The van der Waals surface area contributed by atoms with Crippen molar-refractivity contribution >= 4 is 17.2 Å². The van der Waals surface area contributed by atoms with Crippen LogP contribution in [0.25, 0.3) is 10.7 Å². The second-order valence-corrected chi connectivity index (χ2v) is 6.78. The molecule has 2 aromatic rings. The third kappa shape index (κ3) is 4.17. The molecule has 1 saturated heterocycles. The molecule has 1 fully saturated rings. The van der Waals surface area contributed by atoms with Crippen molar-refractivity contribution in [3.63, 3.8) is 0 Å². The van der Waals surface area contributed by atoms with Gasteiger partial charge in [-0.05, 0) is 43.8 Å². The molecule has 0 aliphatic carbocycles. The van der Waals surface area contributed by atoms with Gasteiger partial charge in [0.05, 0.1) is 11.4 Å². The number of rotatable bonds is 6. The molecule has 6 nitrogen and oxygen atoms in total. The normalized spacial score (nSPS) is 16.6. The molecule has 1 N–H and O–H groups in total. The smallest absolute Gasteiger partial charge is 0.241 e. The number of carbonyl (C=O) groups is 1. The molecule has 0 spiro atoms. The molecule has 0 atom stereocenters. The first-order chi connectivity index (χ1) is 11.3. The lowest BCUT2D eigenvalue weighted by atomic mass is 9.96. The third-order valence-electron chi connectivity index (χ3n) is 4.08. The highest BCUT2D eigenvalue weighted by atomic mass is 32.1.